The molecule has 12 heteroatoms. The predicted molar refractivity (Wildman–Crippen MR) is 144 cm³/mol. The molecule has 4 rings (SSSR count). The molecule has 37 heavy (non-hydrogen) atoms. The van der Waals surface area contributed by atoms with Gasteiger partial charge in [-0.25, -0.2) is 21.6 Å². The average molecular weight is 581 g/mol. The van der Waals surface area contributed by atoms with Gasteiger partial charge in [-0.05, 0) is 79.6 Å². The second-order valence-corrected chi connectivity index (χ2v) is 13.0. The molecule has 1 aromatic heterocycles. The van der Waals surface area contributed by atoms with E-state index in [1.807, 2.05) is 6.07 Å². The number of halogens is 2. The number of amides is 1. The van der Waals surface area contributed by atoms with Gasteiger partial charge >= 0.3 is 0 Å². The first-order chi connectivity index (χ1) is 17.4. The number of sulfone groups is 1. The summed E-state index contributed by atoms with van der Waals surface area (Å²) in [6.45, 7) is 3.36. The zero-order valence-electron chi connectivity index (χ0n) is 19.8. The number of H-pyrrole nitrogens is 1. The topological polar surface area (TPSA) is 125 Å². The highest BCUT2D eigenvalue weighted by Crippen LogP contribution is 2.34. The van der Waals surface area contributed by atoms with Gasteiger partial charge in [-0.15, -0.1) is 0 Å². The highest BCUT2D eigenvalue weighted by Gasteiger charge is 2.30. The molecule has 4 aromatic rings. The van der Waals surface area contributed by atoms with Crippen molar-refractivity contribution in [3.8, 4) is 0 Å². The first-order valence-corrected chi connectivity index (χ1v) is 14.8. The Morgan fingerprint density at radius 3 is 2.08 bits per heavy atom. The number of nitrogens with one attached hydrogen (secondary N) is 3. The summed E-state index contributed by atoms with van der Waals surface area (Å²) < 4.78 is 54.8. The number of fused-ring (bicyclic) bond motifs is 1. The van der Waals surface area contributed by atoms with E-state index in [0.717, 1.165) is 11.1 Å². The molecule has 0 atom stereocenters. The zero-order valence-corrected chi connectivity index (χ0v) is 22.9. The van der Waals surface area contributed by atoms with E-state index in [-0.39, 0.29) is 38.9 Å². The minimum absolute atomic E-state index is 0.0255. The summed E-state index contributed by atoms with van der Waals surface area (Å²) in [6.07, 6.45) is 0. The molecule has 0 aliphatic rings. The van der Waals surface area contributed by atoms with Crippen molar-refractivity contribution < 1.29 is 21.6 Å². The fourth-order valence-corrected chi connectivity index (χ4v) is 7.05. The Bertz CT molecular complexity index is 1700. The molecule has 8 nitrogen and oxygen atoms in total. The summed E-state index contributed by atoms with van der Waals surface area (Å²) in [5.41, 5.74) is 1.77. The summed E-state index contributed by atoms with van der Waals surface area (Å²) in [6, 6.07) is 15.2. The third-order valence-corrected chi connectivity index (χ3v) is 9.32. The predicted octanol–water partition coefficient (Wildman–Crippen LogP) is 4.63. The van der Waals surface area contributed by atoms with Gasteiger partial charge in [0.2, 0.25) is 19.9 Å². The Hall–Kier alpha value is -2.89. The van der Waals surface area contributed by atoms with Gasteiger partial charge in [0.25, 0.3) is 5.91 Å². The molecule has 0 unspecified atom stereocenters. The fourth-order valence-electron chi connectivity index (χ4n) is 3.93. The molecule has 0 fully saturated rings. The Morgan fingerprint density at radius 1 is 0.811 bits per heavy atom. The summed E-state index contributed by atoms with van der Waals surface area (Å²) >= 11 is 12.0. The number of aromatic nitrogens is 1. The maximum atomic E-state index is 13.7. The van der Waals surface area contributed by atoms with Crippen LogP contribution >= 0.6 is 23.2 Å². The van der Waals surface area contributed by atoms with Crippen molar-refractivity contribution in [2.24, 2.45) is 0 Å². The number of rotatable bonds is 8. The number of hydrogen-bond acceptors (Lipinski definition) is 5. The second-order valence-electron chi connectivity index (χ2n) is 8.45. The average Bonchev–Trinajstić information content (AvgIpc) is 3.21. The van der Waals surface area contributed by atoms with Crippen LogP contribution in [0.25, 0.3) is 10.9 Å². The molecule has 0 aliphatic carbocycles. The van der Waals surface area contributed by atoms with Crippen LogP contribution in [0, 0.1) is 13.8 Å². The lowest BCUT2D eigenvalue weighted by molar-refractivity contribution is 0.0947. The first-order valence-electron chi connectivity index (χ1n) is 11.1. The maximum absolute atomic E-state index is 13.7. The molecule has 0 bridgehead atoms. The highest BCUT2D eigenvalue weighted by molar-refractivity contribution is 7.91. The molecule has 0 saturated carbocycles. The standard InChI is InChI=1S/C25H23Cl2N3O5S2/c1-15-11-16(2)13-20(12-15)36(32,33)24-21-14-18(27)5-8-22(21)30-23(24)25(31)28-9-10-29-37(34,35)19-6-3-17(26)4-7-19/h3-8,11-14,29-30H,9-10H2,1-2H3,(H,28,31). The van der Waals surface area contributed by atoms with Gasteiger partial charge in [0, 0.05) is 34.0 Å². The first kappa shape index (κ1) is 27.2. The molecule has 1 amide bonds. The fraction of sp³-hybridized carbons (Fsp3) is 0.160. The van der Waals surface area contributed by atoms with Crippen LogP contribution in [0.3, 0.4) is 0 Å². The molecule has 3 N–H and O–H groups in total. The van der Waals surface area contributed by atoms with Gasteiger partial charge < -0.3 is 10.3 Å². The van der Waals surface area contributed by atoms with Gasteiger partial charge in [-0.2, -0.15) is 0 Å². The van der Waals surface area contributed by atoms with Crippen LogP contribution in [0.5, 0.6) is 0 Å². The van der Waals surface area contributed by atoms with Crippen molar-refractivity contribution in [1.82, 2.24) is 15.0 Å². The van der Waals surface area contributed by atoms with Crippen LogP contribution in [0.2, 0.25) is 10.0 Å². The van der Waals surface area contributed by atoms with E-state index in [1.165, 1.54) is 30.3 Å². The number of benzene rings is 3. The normalized spacial score (nSPS) is 12.1. The summed E-state index contributed by atoms with van der Waals surface area (Å²) in [7, 11) is -7.94. The highest BCUT2D eigenvalue weighted by atomic mass is 35.5. The van der Waals surface area contributed by atoms with E-state index >= 15 is 0 Å². The monoisotopic (exact) mass is 579 g/mol. The van der Waals surface area contributed by atoms with Crippen LogP contribution < -0.4 is 10.0 Å². The minimum Gasteiger partial charge on any atom is -0.349 e. The largest absolute Gasteiger partial charge is 0.349 e. The lowest BCUT2D eigenvalue weighted by atomic mass is 10.2. The van der Waals surface area contributed by atoms with E-state index < -0.39 is 25.8 Å². The van der Waals surface area contributed by atoms with E-state index in [2.05, 4.69) is 15.0 Å². The lowest BCUT2D eigenvalue weighted by Gasteiger charge is -2.10. The molecular weight excluding hydrogens is 557 g/mol. The molecule has 1 heterocycles. The van der Waals surface area contributed by atoms with Crippen LogP contribution in [0.4, 0.5) is 0 Å². The SMILES string of the molecule is Cc1cc(C)cc(S(=O)(=O)c2c(C(=O)NCCNS(=O)(=O)c3ccc(Cl)cc3)[nH]c3ccc(Cl)cc23)c1. The number of carbonyl (C=O) groups is 1. The number of hydrogen-bond donors (Lipinski definition) is 3. The van der Waals surface area contributed by atoms with Crippen LogP contribution in [-0.2, 0) is 19.9 Å². The zero-order chi connectivity index (χ0) is 27.0. The summed E-state index contributed by atoms with van der Waals surface area (Å²) in [4.78, 5) is 15.9. The Kier molecular flexibility index (Phi) is 7.68. The van der Waals surface area contributed by atoms with Crippen molar-refractivity contribution >= 4 is 59.9 Å². The smallest absolute Gasteiger partial charge is 0.269 e. The van der Waals surface area contributed by atoms with Gasteiger partial charge in [0.15, 0.2) is 0 Å². The second kappa shape index (κ2) is 10.5. The molecule has 0 aliphatic heterocycles. The number of aromatic amines is 1. The van der Waals surface area contributed by atoms with Crippen molar-refractivity contribution in [3.63, 3.8) is 0 Å². The molecule has 194 valence electrons. The molecule has 0 radical (unpaired) electrons. The summed E-state index contributed by atoms with van der Waals surface area (Å²) in [5, 5.41) is 3.57. The molecule has 3 aromatic carbocycles. The van der Waals surface area contributed by atoms with E-state index in [4.69, 9.17) is 23.2 Å². The van der Waals surface area contributed by atoms with Gasteiger partial charge in [-0.3, -0.25) is 4.79 Å². The van der Waals surface area contributed by atoms with E-state index in [9.17, 15) is 21.6 Å². The minimum atomic E-state index is -4.13. The Morgan fingerprint density at radius 2 is 1.43 bits per heavy atom. The molecule has 0 spiro atoms. The van der Waals surface area contributed by atoms with Gasteiger partial charge in [0.05, 0.1) is 9.79 Å². The quantitative estimate of drug-likeness (QED) is 0.262. The number of sulfonamides is 1. The van der Waals surface area contributed by atoms with E-state index in [0.29, 0.717) is 15.6 Å². The van der Waals surface area contributed by atoms with Gasteiger partial charge in [0.1, 0.15) is 10.6 Å². The van der Waals surface area contributed by atoms with Crippen molar-refractivity contribution in [2.45, 2.75) is 28.5 Å². The summed E-state index contributed by atoms with van der Waals surface area (Å²) in [5.74, 6) is -0.707. The third-order valence-electron chi connectivity index (χ3n) is 5.54. The Balaban J connectivity index is 1.61. The molecular formula is C25H23Cl2N3O5S2. The number of aryl methyl sites for hydroxylation is 2. The molecule has 0 saturated heterocycles. The van der Waals surface area contributed by atoms with Crippen molar-refractivity contribution in [1.29, 1.82) is 0 Å². The van der Waals surface area contributed by atoms with Crippen molar-refractivity contribution in [3.05, 3.63) is 87.5 Å². The maximum Gasteiger partial charge on any atom is 0.269 e. The van der Waals surface area contributed by atoms with Crippen LogP contribution in [0.1, 0.15) is 21.6 Å². The van der Waals surface area contributed by atoms with E-state index in [1.54, 1.807) is 38.1 Å². The van der Waals surface area contributed by atoms with Crippen LogP contribution in [-0.4, -0.2) is 40.8 Å². The van der Waals surface area contributed by atoms with Crippen molar-refractivity contribution in [2.75, 3.05) is 13.1 Å². The van der Waals surface area contributed by atoms with Gasteiger partial charge in [-0.1, -0.05) is 29.3 Å². The third kappa shape index (κ3) is 5.83. The number of carbonyl (C=O) groups excluding carboxylic acids is 1. The lowest BCUT2D eigenvalue weighted by Crippen LogP contribution is -2.35. The van der Waals surface area contributed by atoms with Crippen LogP contribution in [0.15, 0.2) is 75.4 Å². The Labute approximate surface area is 225 Å².